The number of nitrogens with one attached hydrogen (secondary N) is 1. The second-order valence-electron chi connectivity index (χ2n) is 6.66. The van der Waals surface area contributed by atoms with E-state index in [1.54, 1.807) is 11.3 Å². The van der Waals surface area contributed by atoms with Gasteiger partial charge in [-0.05, 0) is 37.1 Å². The number of hydrogen-bond donors (Lipinski definition) is 1. The van der Waals surface area contributed by atoms with E-state index < -0.39 is 0 Å². The lowest BCUT2D eigenvalue weighted by Crippen LogP contribution is -2.42. The van der Waals surface area contributed by atoms with E-state index in [4.69, 9.17) is 0 Å². The molecule has 1 saturated heterocycles. The number of anilines is 1. The number of carbonyl (C=O) groups is 1. The smallest absolute Gasteiger partial charge is 0.321 e. The Hall–Kier alpha value is -1.89. The van der Waals surface area contributed by atoms with Gasteiger partial charge in [0, 0.05) is 37.4 Å². The molecule has 1 fully saturated rings. The molecule has 0 saturated carbocycles. The van der Waals surface area contributed by atoms with Crippen LogP contribution in [-0.4, -0.2) is 38.8 Å². The second kappa shape index (κ2) is 6.93. The normalized spacial score (nSPS) is 21.2. The Morgan fingerprint density at radius 1 is 1.21 bits per heavy atom. The Labute approximate surface area is 145 Å². The predicted octanol–water partition coefficient (Wildman–Crippen LogP) is 3.48. The maximum absolute atomic E-state index is 12.5. The Balaban J connectivity index is 1.47. The van der Waals surface area contributed by atoms with Crippen LogP contribution in [0, 0.1) is 0 Å². The molecule has 0 aliphatic carbocycles. The first-order chi connectivity index (χ1) is 11.8. The highest BCUT2D eigenvalue weighted by Gasteiger charge is 2.29. The minimum atomic E-state index is -0.00583. The van der Waals surface area contributed by atoms with Crippen molar-refractivity contribution >= 4 is 23.1 Å². The van der Waals surface area contributed by atoms with Gasteiger partial charge in [-0.2, -0.15) is 11.3 Å². The Kier molecular flexibility index (Phi) is 4.51. The fourth-order valence-electron chi connectivity index (χ4n) is 3.72. The highest BCUT2D eigenvalue weighted by Crippen LogP contribution is 2.28. The summed E-state index contributed by atoms with van der Waals surface area (Å²) in [5.41, 5.74) is 0.878. The minimum Gasteiger partial charge on any atom is -0.324 e. The molecule has 4 rings (SSSR count). The van der Waals surface area contributed by atoms with Gasteiger partial charge in [-0.1, -0.05) is 6.42 Å². The maximum Gasteiger partial charge on any atom is 0.321 e. The van der Waals surface area contributed by atoms with E-state index in [2.05, 4.69) is 20.1 Å². The molecule has 0 spiro atoms. The third-order valence-corrected chi connectivity index (χ3v) is 5.67. The zero-order valence-corrected chi connectivity index (χ0v) is 14.6. The van der Waals surface area contributed by atoms with Gasteiger partial charge in [0.25, 0.3) is 0 Å². The molecule has 2 aromatic heterocycles. The molecular weight excluding hydrogens is 322 g/mol. The molecule has 0 aromatic carbocycles. The van der Waals surface area contributed by atoms with Crippen LogP contribution in [0.2, 0.25) is 0 Å². The van der Waals surface area contributed by atoms with Crippen LogP contribution in [0.3, 0.4) is 0 Å². The van der Waals surface area contributed by atoms with Gasteiger partial charge in [-0.3, -0.25) is 0 Å². The molecule has 2 aliphatic rings. The fraction of sp³-hybridized carbons (Fsp3) is 0.588. The highest BCUT2D eigenvalue weighted by molar-refractivity contribution is 7.08. The summed E-state index contributed by atoms with van der Waals surface area (Å²) in [6.45, 7) is 2.57. The van der Waals surface area contributed by atoms with Crippen LogP contribution in [0.5, 0.6) is 0 Å². The summed E-state index contributed by atoms with van der Waals surface area (Å²) >= 11 is 1.59. The lowest BCUT2D eigenvalue weighted by Gasteiger charge is -2.32. The lowest BCUT2D eigenvalue weighted by atomic mass is 9.97. The standard InChI is InChI=1S/C17H23N5OS/c23-17(18-14-7-10-24-12-14)21-8-4-5-13(11-21)16-20-19-15-6-2-1-3-9-22(15)16/h7,10,12-13H,1-6,8-9,11H2,(H,18,23)/t13-/m1/s1. The van der Waals surface area contributed by atoms with E-state index in [0.29, 0.717) is 5.92 Å². The van der Waals surface area contributed by atoms with E-state index in [0.717, 1.165) is 56.2 Å². The third-order valence-electron chi connectivity index (χ3n) is 4.98. The van der Waals surface area contributed by atoms with Gasteiger partial charge in [0.1, 0.15) is 11.6 Å². The monoisotopic (exact) mass is 345 g/mol. The summed E-state index contributed by atoms with van der Waals surface area (Å²) in [5, 5.41) is 15.8. The van der Waals surface area contributed by atoms with E-state index in [1.807, 2.05) is 21.7 Å². The topological polar surface area (TPSA) is 63.1 Å². The number of hydrogen-bond acceptors (Lipinski definition) is 4. The number of nitrogens with zero attached hydrogens (tertiary/aromatic N) is 4. The van der Waals surface area contributed by atoms with Crippen LogP contribution in [0.1, 0.15) is 49.7 Å². The van der Waals surface area contributed by atoms with Crippen LogP contribution in [0.15, 0.2) is 16.8 Å². The number of piperidine rings is 1. The van der Waals surface area contributed by atoms with Gasteiger partial charge in [-0.25, -0.2) is 4.79 Å². The van der Waals surface area contributed by atoms with Crippen LogP contribution in [0.25, 0.3) is 0 Å². The van der Waals surface area contributed by atoms with Crippen molar-refractivity contribution in [3.05, 3.63) is 28.5 Å². The number of likely N-dealkylation sites (tertiary alicyclic amines) is 1. The molecule has 0 bridgehead atoms. The molecule has 0 radical (unpaired) electrons. The van der Waals surface area contributed by atoms with Crippen molar-refractivity contribution in [1.82, 2.24) is 19.7 Å². The number of aromatic nitrogens is 3. The minimum absolute atomic E-state index is 0.00583. The van der Waals surface area contributed by atoms with Crippen molar-refractivity contribution in [2.75, 3.05) is 18.4 Å². The molecule has 2 aromatic rings. The number of rotatable bonds is 2. The summed E-state index contributed by atoms with van der Waals surface area (Å²) < 4.78 is 2.32. The van der Waals surface area contributed by atoms with E-state index in [1.165, 1.54) is 19.3 Å². The van der Waals surface area contributed by atoms with Crippen LogP contribution >= 0.6 is 11.3 Å². The van der Waals surface area contributed by atoms with Gasteiger partial charge in [0.05, 0.1) is 5.69 Å². The second-order valence-corrected chi connectivity index (χ2v) is 7.44. The number of urea groups is 1. The van der Waals surface area contributed by atoms with Gasteiger partial charge < -0.3 is 14.8 Å². The van der Waals surface area contributed by atoms with Crippen molar-refractivity contribution in [3.63, 3.8) is 0 Å². The molecule has 2 amide bonds. The Morgan fingerprint density at radius 2 is 2.17 bits per heavy atom. The molecule has 128 valence electrons. The van der Waals surface area contributed by atoms with Crippen LogP contribution in [-0.2, 0) is 13.0 Å². The first kappa shape index (κ1) is 15.6. The van der Waals surface area contributed by atoms with E-state index in [-0.39, 0.29) is 6.03 Å². The first-order valence-electron chi connectivity index (χ1n) is 8.81. The molecule has 1 N–H and O–H groups in total. The Bertz CT molecular complexity index is 696. The van der Waals surface area contributed by atoms with Crippen molar-refractivity contribution in [2.24, 2.45) is 0 Å². The molecule has 2 aliphatic heterocycles. The molecule has 4 heterocycles. The van der Waals surface area contributed by atoms with Gasteiger partial charge in [0.15, 0.2) is 0 Å². The SMILES string of the molecule is O=C(Nc1ccsc1)N1CCC[C@@H](c2nnc3n2CCCCC3)C1. The summed E-state index contributed by atoms with van der Waals surface area (Å²) in [5.74, 6) is 2.51. The lowest BCUT2D eigenvalue weighted by molar-refractivity contribution is 0.190. The highest BCUT2D eigenvalue weighted by atomic mass is 32.1. The summed E-state index contributed by atoms with van der Waals surface area (Å²) in [6.07, 6.45) is 6.81. The molecule has 6 nitrogen and oxygen atoms in total. The fourth-order valence-corrected chi connectivity index (χ4v) is 4.31. The quantitative estimate of drug-likeness (QED) is 0.906. The number of aryl methyl sites for hydroxylation is 1. The summed E-state index contributed by atoms with van der Waals surface area (Å²) in [4.78, 5) is 14.4. The molecule has 7 heteroatoms. The van der Waals surface area contributed by atoms with E-state index >= 15 is 0 Å². The van der Waals surface area contributed by atoms with Crippen molar-refractivity contribution < 1.29 is 4.79 Å². The predicted molar refractivity (Wildman–Crippen MR) is 94.5 cm³/mol. The largest absolute Gasteiger partial charge is 0.324 e. The summed E-state index contributed by atoms with van der Waals surface area (Å²) in [7, 11) is 0. The maximum atomic E-state index is 12.5. The number of thiophene rings is 1. The van der Waals surface area contributed by atoms with Gasteiger partial charge in [-0.15, -0.1) is 10.2 Å². The average Bonchev–Trinajstić information content (AvgIpc) is 3.20. The van der Waals surface area contributed by atoms with Crippen molar-refractivity contribution in [3.8, 4) is 0 Å². The zero-order chi connectivity index (χ0) is 16.4. The van der Waals surface area contributed by atoms with Crippen LogP contribution in [0.4, 0.5) is 10.5 Å². The summed E-state index contributed by atoms with van der Waals surface area (Å²) in [6, 6.07) is 1.93. The van der Waals surface area contributed by atoms with Crippen molar-refractivity contribution in [2.45, 2.75) is 51.0 Å². The van der Waals surface area contributed by atoms with E-state index in [9.17, 15) is 4.79 Å². The molecule has 0 unspecified atom stereocenters. The number of carbonyl (C=O) groups excluding carboxylic acids is 1. The molecule has 24 heavy (non-hydrogen) atoms. The third kappa shape index (κ3) is 3.17. The van der Waals surface area contributed by atoms with Gasteiger partial charge in [0.2, 0.25) is 0 Å². The number of fused-ring (bicyclic) bond motifs is 1. The number of amides is 2. The Morgan fingerprint density at radius 3 is 3.04 bits per heavy atom. The first-order valence-corrected chi connectivity index (χ1v) is 9.75. The van der Waals surface area contributed by atoms with Crippen LogP contribution < -0.4 is 5.32 Å². The molecular formula is C17H23N5OS. The zero-order valence-electron chi connectivity index (χ0n) is 13.8. The molecule has 1 atom stereocenters. The van der Waals surface area contributed by atoms with Crippen molar-refractivity contribution in [1.29, 1.82) is 0 Å². The van der Waals surface area contributed by atoms with Gasteiger partial charge >= 0.3 is 6.03 Å². The average molecular weight is 345 g/mol.